The van der Waals surface area contributed by atoms with E-state index in [1.807, 2.05) is 0 Å². The SMILES string of the molecule is Nn1c(SCC(=O)N[C@H]2CCS(=O)(=O)C2)nnc1C(F)(F)F. The number of alkyl halides is 3. The van der Waals surface area contributed by atoms with Crippen LogP contribution in [-0.2, 0) is 20.8 Å². The molecule has 3 N–H and O–H groups in total. The zero-order valence-corrected chi connectivity index (χ0v) is 12.6. The van der Waals surface area contributed by atoms with E-state index in [9.17, 15) is 26.4 Å². The van der Waals surface area contributed by atoms with Crippen molar-refractivity contribution >= 4 is 27.5 Å². The van der Waals surface area contributed by atoms with Gasteiger partial charge in [0.05, 0.1) is 17.3 Å². The quantitative estimate of drug-likeness (QED) is 0.544. The fourth-order valence-corrected chi connectivity index (χ4v) is 4.22. The number of nitrogens with two attached hydrogens (primary N) is 1. The number of rotatable bonds is 4. The normalized spacial score (nSPS) is 21.0. The third kappa shape index (κ3) is 4.03. The van der Waals surface area contributed by atoms with Gasteiger partial charge in [-0.3, -0.25) is 4.79 Å². The summed E-state index contributed by atoms with van der Waals surface area (Å²) in [5.74, 6) is 2.98. The highest BCUT2D eigenvalue weighted by Gasteiger charge is 2.38. The van der Waals surface area contributed by atoms with Gasteiger partial charge in [-0.15, -0.1) is 10.2 Å². The zero-order valence-electron chi connectivity index (χ0n) is 11.0. The predicted molar refractivity (Wildman–Crippen MR) is 71.1 cm³/mol. The molecule has 2 heterocycles. The van der Waals surface area contributed by atoms with Gasteiger partial charge >= 0.3 is 6.18 Å². The molecule has 1 aromatic rings. The Labute approximate surface area is 127 Å². The molecule has 1 fully saturated rings. The monoisotopic (exact) mass is 359 g/mol. The fourth-order valence-electron chi connectivity index (χ4n) is 1.88. The van der Waals surface area contributed by atoms with E-state index in [0.29, 0.717) is 18.2 Å². The number of nitrogens with zero attached hydrogens (tertiary/aromatic N) is 3. The molecule has 1 amide bonds. The number of carbonyl (C=O) groups excluding carboxylic acids is 1. The van der Waals surface area contributed by atoms with Gasteiger partial charge in [0.25, 0.3) is 5.82 Å². The van der Waals surface area contributed by atoms with Gasteiger partial charge in [-0.2, -0.15) is 13.2 Å². The van der Waals surface area contributed by atoms with Crippen LogP contribution >= 0.6 is 11.8 Å². The minimum Gasteiger partial charge on any atom is -0.352 e. The summed E-state index contributed by atoms with van der Waals surface area (Å²) < 4.78 is 60.1. The van der Waals surface area contributed by atoms with Crippen LogP contribution in [0.1, 0.15) is 12.2 Å². The van der Waals surface area contributed by atoms with Crippen LogP contribution in [0.15, 0.2) is 5.16 Å². The lowest BCUT2D eigenvalue weighted by molar-refractivity contribution is -0.146. The topological polar surface area (TPSA) is 120 Å². The third-order valence-corrected chi connectivity index (χ3v) is 5.56. The molecule has 1 aliphatic heterocycles. The number of nitrogens with one attached hydrogen (secondary N) is 1. The van der Waals surface area contributed by atoms with Crippen LogP contribution in [0.4, 0.5) is 13.2 Å². The van der Waals surface area contributed by atoms with Crippen LogP contribution in [0.25, 0.3) is 0 Å². The Morgan fingerprint density at radius 2 is 2.14 bits per heavy atom. The van der Waals surface area contributed by atoms with Gasteiger partial charge in [0, 0.05) is 6.04 Å². The van der Waals surface area contributed by atoms with Crippen LogP contribution < -0.4 is 11.2 Å². The number of thioether (sulfide) groups is 1. The first kappa shape index (κ1) is 16.9. The molecule has 124 valence electrons. The minimum atomic E-state index is -4.74. The van der Waals surface area contributed by atoms with Gasteiger partial charge in [-0.05, 0) is 6.42 Å². The summed E-state index contributed by atoms with van der Waals surface area (Å²) in [6, 6.07) is -0.473. The Morgan fingerprint density at radius 3 is 2.64 bits per heavy atom. The highest BCUT2D eigenvalue weighted by Crippen LogP contribution is 2.28. The summed E-state index contributed by atoms with van der Waals surface area (Å²) in [5.41, 5.74) is 0. The Kier molecular flexibility index (Phi) is 4.56. The number of amides is 1. The van der Waals surface area contributed by atoms with Crippen molar-refractivity contribution < 1.29 is 26.4 Å². The lowest BCUT2D eigenvalue weighted by Gasteiger charge is -2.10. The number of hydrogen-bond donors (Lipinski definition) is 2. The molecular weight excluding hydrogens is 347 g/mol. The molecule has 1 atom stereocenters. The maximum Gasteiger partial charge on any atom is 0.453 e. The number of hydrogen-bond acceptors (Lipinski definition) is 7. The second-order valence-corrected chi connectivity index (χ2v) is 7.80. The number of aromatic nitrogens is 3. The van der Waals surface area contributed by atoms with Gasteiger partial charge in [0.15, 0.2) is 9.84 Å². The van der Waals surface area contributed by atoms with Gasteiger partial charge in [0.2, 0.25) is 11.1 Å². The van der Waals surface area contributed by atoms with E-state index in [1.54, 1.807) is 0 Å². The van der Waals surface area contributed by atoms with Gasteiger partial charge in [-0.25, -0.2) is 13.1 Å². The first-order valence-corrected chi connectivity index (χ1v) is 8.79. The summed E-state index contributed by atoms with van der Waals surface area (Å²) in [6.07, 6.45) is -4.41. The first-order valence-electron chi connectivity index (χ1n) is 5.99. The van der Waals surface area contributed by atoms with Crippen molar-refractivity contribution in [1.29, 1.82) is 0 Å². The highest BCUT2D eigenvalue weighted by molar-refractivity contribution is 7.99. The Hall–Kier alpha value is -1.50. The van der Waals surface area contributed by atoms with Crippen LogP contribution in [0.5, 0.6) is 0 Å². The number of halogens is 3. The molecule has 0 aromatic carbocycles. The molecule has 8 nitrogen and oxygen atoms in total. The lowest BCUT2D eigenvalue weighted by atomic mass is 10.3. The maximum atomic E-state index is 12.5. The van der Waals surface area contributed by atoms with Gasteiger partial charge < -0.3 is 11.2 Å². The van der Waals surface area contributed by atoms with E-state index < -0.39 is 33.8 Å². The molecule has 22 heavy (non-hydrogen) atoms. The maximum absolute atomic E-state index is 12.5. The summed E-state index contributed by atoms with van der Waals surface area (Å²) in [6.45, 7) is 0. The van der Waals surface area contributed by atoms with E-state index >= 15 is 0 Å². The number of sulfone groups is 1. The molecule has 0 spiro atoms. The molecular formula is C9H12F3N5O3S2. The van der Waals surface area contributed by atoms with Gasteiger partial charge in [-0.1, -0.05) is 11.8 Å². The Morgan fingerprint density at radius 1 is 1.45 bits per heavy atom. The van der Waals surface area contributed by atoms with Crippen molar-refractivity contribution in [1.82, 2.24) is 20.2 Å². The van der Waals surface area contributed by atoms with Gasteiger partial charge in [0.1, 0.15) is 0 Å². The standard InChI is InChI=1S/C9H12F3N5O3S2/c10-9(11,12)7-15-16-8(17(7)13)21-3-6(18)14-5-1-2-22(19,20)4-5/h5H,1-4,13H2,(H,14,18)/t5-/m0/s1. The van der Waals surface area contributed by atoms with Crippen LogP contribution in [0.3, 0.4) is 0 Å². The molecule has 0 bridgehead atoms. The Balaban J connectivity index is 1.88. The molecule has 0 radical (unpaired) electrons. The van der Waals surface area contributed by atoms with E-state index in [4.69, 9.17) is 5.84 Å². The average molecular weight is 359 g/mol. The van der Waals surface area contributed by atoms with E-state index in [2.05, 4.69) is 15.5 Å². The van der Waals surface area contributed by atoms with Crippen molar-refractivity contribution in [3.8, 4) is 0 Å². The van der Waals surface area contributed by atoms with E-state index in [0.717, 1.165) is 0 Å². The predicted octanol–water partition coefficient (Wildman–Crippen LogP) is -0.594. The summed E-state index contributed by atoms with van der Waals surface area (Å²) in [7, 11) is -3.12. The smallest absolute Gasteiger partial charge is 0.352 e. The Bertz CT molecular complexity index is 673. The van der Waals surface area contributed by atoms with Crippen molar-refractivity contribution in [2.45, 2.75) is 23.8 Å². The molecule has 2 rings (SSSR count). The van der Waals surface area contributed by atoms with Crippen molar-refractivity contribution in [2.75, 3.05) is 23.1 Å². The van der Waals surface area contributed by atoms with Crippen molar-refractivity contribution in [2.24, 2.45) is 0 Å². The molecule has 0 saturated carbocycles. The van der Waals surface area contributed by atoms with E-state index in [1.165, 1.54) is 0 Å². The minimum absolute atomic E-state index is 0.0111. The van der Waals surface area contributed by atoms with E-state index in [-0.39, 0.29) is 27.1 Å². The second kappa shape index (κ2) is 5.95. The lowest BCUT2D eigenvalue weighted by Crippen LogP contribution is -2.36. The van der Waals surface area contributed by atoms with Crippen molar-refractivity contribution in [3.05, 3.63) is 5.82 Å². The molecule has 1 aromatic heterocycles. The van der Waals surface area contributed by atoms with Crippen LogP contribution in [0, 0.1) is 0 Å². The summed E-state index contributed by atoms with van der Waals surface area (Å²) in [4.78, 5) is 11.7. The highest BCUT2D eigenvalue weighted by atomic mass is 32.2. The average Bonchev–Trinajstić information content (AvgIpc) is 2.89. The largest absolute Gasteiger partial charge is 0.453 e. The number of nitrogen functional groups attached to an aromatic ring is 1. The first-order chi connectivity index (χ1) is 10.1. The molecule has 0 unspecified atom stereocenters. The van der Waals surface area contributed by atoms with Crippen molar-refractivity contribution in [3.63, 3.8) is 0 Å². The fraction of sp³-hybridized carbons (Fsp3) is 0.667. The summed E-state index contributed by atoms with van der Waals surface area (Å²) >= 11 is 0.678. The molecule has 1 saturated heterocycles. The van der Waals surface area contributed by atoms with Crippen LogP contribution in [0.2, 0.25) is 0 Å². The molecule has 0 aliphatic carbocycles. The summed E-state index contributed by atoms with van der Waals surface area (Å²) in [5, 5.41) is 8.42. The second-order valence-electron chi connectivity index (χ2n) is 4.63. The third-order valence-electron chi connectivity index (χ3n) is 2.85. The molecule has 13 heteroatoms. The molecule has 1 aliphatic rings. The number of carbonyl (C=O) groups is 1. The zero-order chi connectivity index (χ0) is 16.5. The van der Waals surface area contributed by atoms with Crippen LogP contribution in [-0.4, -0.2) is 52.5 Å².